The van der Waals surface area contributed by atoms with E-state index in [4.69, 9.17) is 4.74 Å². The standard InChI is InChI=1S/C20H21NO2/c1-5-23-20-15(4)8-14(3)10-18(20)17-11-16-9-13(2)6-7-21(16)19(17)12-22/h6-12H,5H2,1-4H3. The molecule has 3 rings (SSSR count). The lowest BCUT2D eigenvalue weighted by molar-refractivity contribution is 0.111. The number of aldehydes is 1. The Hall–Kier alpha value is -2.55. The van der Waals surface area contributed by atoms with E-state index in [1.54, 1.807) is 0 Å². The molecular weight excluding hydrogens is 286 g/mol. The molecule has 2 aromatic heterocycles. The van der Waals surface area contributed by atoms with Gasteiger partial charge in [-0.1, -0.05) is 6.07 Å². The molecule has 0 bridgehead atoms. The lowest BCUT2D eigenvalue weighted by Gasteiger charge is -2.14. The molecule has 2 heterocycles. The van der Waals surface area contributed by atoms with E-state index in [-0.39, 0.29) is 0 Å². The van der Waals surface area contributed by atoms with Crippen molar-refractivity contribution in [2.75, 3.05) is 6.61 Å². The largest absolute Gasteiger partial charge is 0.493 e. The van der Waals surface area contributed by atoms with Crippen LogP contribution >= 0.6 is 0 Å². The Bertz CT molecular complexity index is 890. The summed E-state index contributed by atoms with van der Waals surface area (Å²) in [4.78, 5) is 11.7. The van der Waals surface area contributed by atoms with Crippen molar-refractivity contribution in [3.05, 3.63) is 58.9 Å². The van der Waals surface area contributed by atoms with Gasteiger partial charge in [0.15, 0.2) is 6.29 Å². The van der Waals surface area contributed by atoms with Gasteiger partial charge in [-0.25, -0.2) is 0 Å². The SMILES string of the molecule is CCOc1c(C)cc(C)cc1-c1cc2cc(C)ccn2c1C=O. The van der Waals surface area contributed by atoms with Crippen molar-refractivity contribution >= 4 is 11.8 Å². The number of aryl methyl sites for hydroxylation is 3. The van der Waals surface area contributed by atoms with Crippen LogP contribution in [0.2, 0.25) is 0 Å². The van der Waals surface area contributed by atoms with Gasteiger partial charge in [0.2, 0.25) is 0 Å². The Morgan fingerprint density at radius 2 is 1.83 bits per heavy atom. The number of aromatic nitrogens is 1. The number of pyridine rings is 1. The Morgan fingerprint density at radius 3 is 2.52 bits per heavy atom. The molecule has 3 aromatic rings. The molecule has 23 heavy (non-hydrogen) atoms. The van der Waals surface area contributed by atoms with Crippen molar-refractivity contribution in [3.8, 4) is 16.9 Å². The van der Waals surface area contributed by atoms with Crippen LogP contribution < -0.4 is 4.74 Å². The van der Waals surface area contributed by atoms with Crippen LogP contribution in [0.3, 0.4) is 0 Å². The van der Waals surface area contributed by atoms with Crippen LogP contribution in [-0.4, -0.2) is 17.3 Å². The minimum Gasteiger partial charge on any atom is -0.493 e. The second-order valence-corrected chi connectivity index (χ2v) is 5.95. The first-order chi connectivity index (χ1) is 11.0. The van der Waals surface area contributed by atoms with Gasteiger partial charge in [0, 0.05) is 22.8 Å². The highest BCUT2D eigenvalue weighted by molar-refractivity contribution is 5.92. The zero-order valence-electron chi connectivity index (χ0n) is 14.0. The number of hydrogen-bond acceptors (Lipinski definition) is 2. The molecule has 0 saturated heterocycles. The minimum absolute atomic E-state index is 0.597. The van der Waals surface area contributed by atoms with Gasteiger partial charge in [-0.15, -0.1) is 0 Å². The molecule has 118 valence electrons. The van der Waals surface area contributed by atoms with Gasteiger partial charge in [-0.3, -0.25) is 4.79 Å². The van der Waals surface area contributed by atoms with Crippen molar-refractivity contribution in [2.45, 2.75) is 27.7 Å². The van der Waals surface area contributed by atoms with Gasteiger partial charge in [-0.05, 0) is 68.7 Å². The average Bonchev–Trinajstić information content (AvgIpc) is 2.87. The normalized spacial score (nSPS) is 11.0. The molecule has 0 atom stereocenters. The number of ether oxygens (including phenoxy) is 1. The van der Waals surface area contributed by atoms with Crippen molar-refractivity contribution in [1.29, 1.82) is 0 Å². The quantitative estimate of drug-likeness (QED) is 0.652. The van der Waals surface area contributed by atoms with E-state index in [1.807, 2.05) is 30.5 Å². The summed E-state index contributed by atoms with van der Waals surface area (Å²) >= 11 is 0. The molecule has 0 spiro atoms. The third-order valence-corrected chi connectivity index (χ3v) is 4.08. The second kappa shape index (κ2) is 5.92. The highest BCUT2D eigenvalue weighted by Crippen LogP contribution is 2.37. The summed E-state index contributed by atoms with van der Waals surface area (Å²) in [6.45, 7) is 8.73. The monoisotopic (exact) mass is 307 g/mol. The highest BCUT2D eigenvalue weighted by Gasteiger charge is 2.17. The number of nitrogens with zero attached hydrogens (tertiary/aromatic N) is 1. The molecule has 0 aliphatic heterocycles. The first-order valence-electron chi connectivity index (χ1n) is 7.86. The maximum Gasteiger partial charge on any atom is 0.167 e. The molecule has 0 aliphatic carbocycles. The summed E-state index contributed by atoms with van der Waals surface area (Å²) in [5.41, 5.74) is 6.99. The smallest absolute Gasteiger partial charge is 0.167 e. The van der Waals surface area contributed by atoms with Gasteiger partial charge in [0.1, 0.15) is 5.75 Å². The number of rotatable bonds is 4. The summed E-state index contributed by atoms with van der Waals surface area (Å²) in [5, 5.41) is 0. The lowest BCUT2D eigenvalue weighted by Crippen LogP contribution is -1.99. The molecule has 0 radical (unpaired) electrons. The molecule has 0 fully saturated rings. The second-order valence-electron chi connectivity index (χ2n) is 5.95. The van der Waals surface area contributed by atoms with Crippen LogP contribution in [0.1, 0.15) is 34.1 Å². The molecule has 0 unspecified atom stereocenters. The van der Waals surface area contributed by atoms with Gasteiger partial charge in [0.25, 0.3) is 0 Å². The fourth-order valence-corrected chi connectivity index (χ4v) is 3.14. The van der Waals surface area contributed by atoms with Crippen molar-refractivity contribution < 1.29 is 9.53 Å². The van der Waals surface area contributed by atoms with E-state index in [0.29, 0.717) is 12.3 Å². The van der Waals surface area contributed by atoms with E-state index >= 15 is 0 Å². The summed E-state index contributed by atoms with van der Waals surface area (Å²) < 4.78 is 7.80. The molecular formula is C20H21NO2. The fraction of sp³-hybridized carbons (Fsp3) is 0.250. The van der Waals surface area contributed by atoms with Crippen LogP contribution in [0, 0.1) is 20.8 Å². The zero-order chi connectivity index (χ0) is 16.6. The number of benzene rings is 1. The Balaban J connectivity index is 2.34. The summed E-state index contributed by atoms with van der Waals surface area (Å²) in [6, 6.07) is 10.4. The third-order valence-electron chi connectivity index (χ3n) is 4.08. The van der Waals surface area contributed by atoms with Crippen molar-refractivity contribution in [1.82, 2.24) is 4.40 Å². The first-order valence-corrected chi connectivity index (χ1v) is 7.86. The molecule has 3 nitrogen and oxygen atoms in total. The fourth-order valence-electron chi connectivity index (χ4n) is 3.14. The van der Waals surface area contributed by atoms with E-state index in [9.17, 15) is 4.79 Å². The van der Waals surface area contributed by atoms with Gasteiger partial charge in [-0.2, -0.15) is 0 Å². The third kappa shape index (κ3) is 2.63. The number of hydrogen-bond donors (Lipinski definition) is 0. The predicted molar refractivity (Wildman–Crippen MR) is 93.6 cm³/mol. The lowest BCUT2D eigenvalue weighted by atomic mass is 9.99. The maximum atomic E-state index is 11.7. The van der Waals surface area contributed by atoms with Crippen LogP contribution in [0.15, 0.2) is 36.5 Å². The molecule has 0 saturated carbocycles. The van der Waals surface area contributed by atoms with Crippen LogP contribution in [0.5, 0.6) is 5.75 Å². The number of carbonyl (C=O) groups excluding carboxylic acids is 1. The minimum atomic E-state index is 0.597. The highest BCUT2D eigenvalue weighted by atomic mass is 16.5. The summed E-state index contributed by atoms with van der Waals surface area (Å²) in [6.07, 6.45) is 2.87. The van der Waals surface area contributed by atoms with Crippen molar-refractivity contribution in [3.63, 3.8) is 0 Å². The number of carbonyl (C=O) groups is 1. The van der Waals surface area contributed by atoms with E-state index in [2.05, 4.69) is 38.1 Å². The van der Waals surface area contributed by atoms with E-state index in [1.165, 1.54) is 5.56 Å². The van der Waals surface area contributed by atoms with Crippen LogP contribution in [-0.2, 0) is 0 Å². The zero-order valence-corrected chi connectivity index (χ0v) is 14.0. The molecule has 1 aromatic carbocycles. The Kier molecular flexibility index (Phi) is 3.95. The molecule has 3 heteroatoms. The van der Waals surface area contributed by atoms with Crippen LogP contribution in [0.25, 0.3) is 16.6 Å². The maximum absolute atomic E-state index is 11.7. The molecule has 0 aliphatic rings. The molecule has 0 N–H and O–H groups in total. The predicted octanol–water partition coefficient (Wildman–Crippen LogP) is 4.74. The first kappa shape index (κ1) is 15.3. The average molecular weight is 307 g/mol. The topological polar surface area (TPSA) is 30.7 Å². The van der Waals surface area contributed by atoms with Gasteiger partial charge < -0.3 is 9.14 Å². The van der Waals surface area contributed by atoms with Crippen LogP contribution in [0.4, 0.5) is 0 Å². The molecule has 0 amide bonds. The van der Waals surface area contributed by atoms with E-state index < -0.39 is 0 Å². The number of fused-ring (bicyclic) bond motifs is 1. The van der Waals surface area contributed by atoms with Gasteiger partial charge >= 0.3 is 0 Å². The van der Waals surface area contributed by atoms with Crippen molar-refractivity contribution in [2.24, 2.45) is 0 Å². The summed E-state index contributed by atoms with van der Waals surface area (Å²) in [5.74, 6) is 0.855. The van der Waals surface area contributed by atoms with E-state index in [0.717, 1.165) is 39.8 Å². The Morgan fingerprint density at radius 1 is 1.04 bits per heavy atom. The summed E-state index contributed by atoms with van der Waals surface area (Å²) in [7, 11) is 0. The van der Waals surface area contributed by atoms with Gasteiger partial charge in [0.05, 0.1) is 12.3 Å². The Labute approximate surface area is 136 Å².